The van der Waals surface area contributed by atoms with Crippen LogP contribution in [0.5, 0.6) is 0 Å². The minimum Gasteiger partial charge on any atom is -0.453 e. The Morgan fingerprint density at radius 2 is 1.84 bits per heavy atom. The van der Waals surface area contributed by atoms with Gasteiger partial charge in [-0.05, 0) is 69.9 Å². The van der Waals surface area contributed by atoms with Crippen LogP contribution in [0.25, 0.3) is 11.3 Å². The molecular weight excluding hydrogens is 498 g/mol. The van der Waals surface area contributed by atoms with Crippen LogP contribution < -0.4 is 16.0 Å². The third-order valence-electron chi connectivity index (χ3n) is 4.70. The Bertz CT molecular complexity index is 1160. The molecule has 0 aliphatic carbocycles. The standard InChI is InChI=1S/C26H32ClN5O5/c1-6-7-11-22(33)30-20-16-18(29-25(35)36-5)12-13-19(20)21-15-17(23(27)32-31-21)10-8-9-14-28-24(34)37-26(2,3)4/h6,9,12-16H,1,7-8,10-11H2,2-5H3,(H,28,34)(H,29,35)(H,30,33). The number of allylic oxidation sites excluding steroid dienone is 2. The zero-order valence-electron chi connectivity index (χ0n) is 21.4. The summed E-state index contributed by atoms with van der Waals surface area (Å²) in [6.07, 6.45) is 5.62. The van der Waals surface area contributed by atoms with Gasteiger partial charge in [0.05, 0.1) is 18.5 Å². The number of hydrogen-bond acceptors (Lipinski definition) is 7. The second-order valence-corrected chi connectivity index (χ2v) is 9.24. The van der Waals surface area contributed by atoms with Crippen molar-refractivity contribution >= 4 is 41.1 Å². The van der Waals surface area contributed by atoms with Crippen LogP contribution in [-0.2, 0) is 20.7 Å². The number of anilines is 2. The lowest BCUT2D eigenvalue weighted by Gasteiger charge is -2.18. The molecule has 0 saturated heterocycles. The molecule has 37 heavy (non-hydrogen) atoms. The number of hydrogen-bond donors (Lipinski definition) is 3. The largest absolute Gasteiger partial charge is 0.453 e. The third kappa shape index (κ3) is 10.3. The van der Waals surface area contributed by atoms with Crippen molar-refractivity contribution in [2.45, 2.75) is 52.1 Å². The van der Waals surface area contributed by atoms with Gasteiger partial charge in [0.15, 0.2) is 5.15 Å². The summed E-state index contributed by atoms with van der Waals surface area (Å²) in [7, 11) is 1.26. The topological polar surface area (TPSA) is 132 Å². The predicted octanol–water partition coefficient (Wildman–Crippen LogP) is 5.85. The van der Waals surface area contributed by atoms with Crippen LogP contribution in [0, 0.1) is 0 Å². The van der Waals surface area contributed by atoms with Crippen molar-refractivity contribution in [1.82, 2.24) is 15.5 Å². The highest BCUT2D eigenvalue weighted by molar-refractivity contribution is 6.30. The Morgan fingerprint density at radius 1 is 1.08 bits per heavy atom. The second-order valence-electron chi connectivity index (χ2n) is 8.89. The highest BCUT2D eigenvalue weighted by atomic mass is 35.5. The fourth-order valence-electron chi connectivity index (χ4n) is 3.04. The highest BCUT2D eigenvalue weighted by Gasteiger charge is 2.16. The molecule has 0 atom stereocenters. The van der Waals surface area contributed by atoms with E-state index in [1.165, 1.54) is 13.3 Å². The van der Waals surface area contributed by atoms with Crippen LogP contribution in [0.3, 0.4) is 0 Å². The number of amides is 3. The zero-order chi connectivity index (χ0) is 27.4. The first-order valence-corrected chi connectivity index (χ1v) is 12.0. The number of rotatable bonds is 10. The molecule has 11 heteroatoms. The van der Waals surface area contributed by atoms with E-state index in [2.05, 4.69) is 37.5 Å². The van der Waals surface area contributed by atoms with E-state index >= 15 is 0 Å². The van der Waals surface area contributed by atoms with Crippen molar-refractivity contribution in [3.8, 4) is 11.3 Å². The van der Waals surface area contributed by atoms with Crippen LogP contribution >= 0.6 is 11.6 Å². The summed E-state index contributed by atoms with van der Waals surface area (Å²) in [6.45, 7) is 8.99. The van der Waals surface area contributed by atoms with Crippen molar-refractivity contribution in [2.24, 2.45) is 0 Å². The number of halogens is 1. The minimum absolute atomic E-state index is 0.221. The van der Waals surface area contributed by atoms with E-state index in [0.29, 0.717) is 41.9 Å². The quantitative estimate of drug-likeness (QED) is 0.329. The average molecular weight is 530 g/mol. The molecule has 0 unspecified atom stereocenters. The number of benzene rings is 1. The number of aryl methyl sites for hydroxylation is 1. The van der Waals surface area contributed by atoms with Gasteiger partial charge in [-0.25, -0.2) is 9.59 Å². The number of nitrogens with one attached hydrogen (secondary N) is 3. The van der Waals surface area contributed by atoms with Crippen molar-refractivity contribution < 1.29 is 23.9 Å². The summed E-state index contributed by atoms with van der Waals surface area (Å²) in [5.74, 6) is -0.221. The van der Waals surface area contributed by atoms with Gasteiger partial charge >= 0.3 is 12.2 Å². The number of aromatic nitrogens is 2. The lowest BCUT2D eigenvalue weighted by molar-refractivity contribution is -0.116. The molecule has 0 radical (unpaired) electrons. The summed E-state index contributed by atoms with van der Waals surface area (Å²) in [5.41, 5.74) is 2.09. The molecule has 0 aliphatic heterocycles. The maximum absolute atomic E-state index is 12.4. The lowest BCUT2D eigenvalue weighted by Crippen LogP contribution is -2.29. The molecule has 0 aliphatic rings. The van der Waals surface area contributed by atoms with Crippen molar-refractivity contribution in [3.63, 3.8) is 0 Å². The van der Waals surface area contributed by atoms with E-state index in [1.54, 1.807) is 57.2 Å². The predicted molar refractivity (Wildman–Crippen MR) is 143 cm³/mol. The van der Waals surface area contributed by atoms with Crippen molar-refractivity contribution in [2.75, 3.05) is 17.7 Å². The monoisotopic (exact) mass is 529 g/mol. The number of ether oxygens (including phenoxy) is 2. The summed E-state index contributed by atoms with van der Waals surface area (Å²) in [6, 6.07) is 6.76. The van der Waals surface area contributed by atoms with Gasteiger partial charge in [0, 0.05) is 23.9 Å². The number of methoxy groups -OCH3 is 1. The number of nitrogens with zero attached hydrogens (tertiary/aromatic N) is 2. The number of carbonyl (C=O) groups excluding carboxylic acids is 3. The van der Waals surface area contributed by atoms with E-state index in [4.69, 9.17) is 16.3 Å². The molecule has 10 nitrogen and oxygen atoms in total. The molecule has 0 spiro atoms. The maximum atomic E-state index is 12.4. The van der Waals surface area contributed by atoms with Gasteiger partial charge in [0.25, 0.3) is 0 Å². The molecule has 1 aromatic heterocycles. The summed E-state index contributed by atoms with van der Waals surface area (Å²) in [4.78, 5) is 35.8. The molecule has 3 amide bonds. The molecule has 1 heterocycles. The van der Waals surface area contributed by atoms with Gasteiger partial charge in [-0.1, -0.05) is 23.8 Å². The molecular formula is C26H32ClN5O5. The van der Waals surface area contributed by atoms with Crippen LogP contribution in [0.4, 0.5) is 21.0 Å². The summed E-state index contributed by atoms with van der Waals surface area (Å²) < 4.78 is 9.82. The summed E-state index contributed by atoms with van der Waals surface area (Å²) >= 11 is 6.27. The molecule has 0 saturated carbocycles. The van der Waals surface area contributed by atoms with Gasteiger partial charge in [0.1, 0.15) is 5.60 Å². The number of alkyl carbamates (subject to hydrolysis) is 1. The Labute approximate surface area is 221 Å². The normalized spacial score (nSPS) is 11.1. The fourth-order valence-corrected chi connectivity index (χ4v) is 3.23. The van der Waals surface area contributed by atoms with Gasteiger partial charge < -0.3 is 14.8 Å². The fraction of sp³-hybridized carbons (Fsp3) is 0.346. The number of carbonyl (C=O) groups is 3. The molecule has 1 aromatic carbocycles. The average Bonchev–Trinajstić information content (AvgIpc) is 2.82. The Hall–Kier alpha value is -3.92. The SMILES string of the molecule is C=CCCC(=O)Nc1cc(NC(=O)OC)ccc1-c1cc(CCC=CNC(=O)OC(C)(C)C)c(Cl)nn1. The van der Waals surface area contributed by atoms with E-state index < -0.39 is 17.8 Å². The first kappa shape index (κ1) is 29.3. The van der Waals surface area contributed by atoms with Crippen LogP contribution in [0.1, 0.15) is 45.6 Å². The van der Waals surface area contributed by atoms with Gasteiger partial charge in [-0.3, -0.25) is 15.4 Å². The lowest BCUT2D eigenvalue weighted by atomic mass is 10.0. The molecule has 2 rings (SSSR count). The highest BCUT2D eigenvalue weighted by Crippen LogP contribution is 2.31. The molecule has 3 N–H and O–H groups in total. The molecule has 0 fully saturated rings. The van der Waals surface area contributed by atoms with Gasteiger partial charge in [0.2, 0.25) is 5.91 Å². The zero-order valence-corrected chi connectivity index (χ0v) is 22.1. The Morgan fingerprint density at radius 3 is 2.51 bits per heavy atom. The van der Waals surface area contributed by atoms with Gasteiger partial charge in [-0.2, -0.15) is 0 Å². The molecule has 198 valence electrons. The maximum Gasteiger partial charge on any atom is 0.411 e. The first-order chi connectivity index (χ1) is 17.5. The van der Waals surface area contributed by atoms with Crippen LogP contribution in [-0.4, -0.2) is 41.0 Å². The minimum atomic E-state index is -0.639. The van der Waals surface area contributed by atoms with E-state index in [1.807, 2.05) is 0 Å². The summed E-state index contributed by atoms with van der Waals surface area (Å²) in [5, 5.41) is 16.5. The third-order valence-corrected chi connectivity index (χ3v) is 5.01. The van der Waals surface area contributed by atoms with Crippen molar-refractivity contribution in [1.29, 1.82) is 0 Å². The molecule has 2 aromatic rings. The van der Waals surface area contributed by atoms with Crippen molar-refractivity contribution in [3.05, 3.63) is 59.9 Å². The second kappa shape index (κ2) is 14.0. The van der Waals surface area contributed by atoms with E-state index in [-0.39, 0.29) is 17.5 Å². The smallest absolute Gasteiger partial charge is 0.411 e. The first-order valence-electron chi connectivity index (χ1n) is 11.6. The Kier molecular flexibility index (Phi) is 11.1. The van der Waals surface area contributed by atoms with E-state index in [9.17, 15) is 14.4 Å². The Balaban J connectivity index is 2.21. The van der Waals surface area contributed by atoms with Crippen LogP contribution in [0.2, 0.25) is 5.15 Å². The van der Waals surface area contributed by atoms with E-state index in [0.717, 1.165) is 5.56 Å². The van der Waals surface area contributed by atoms with Gasteiger partial charge in [-0.15, -0.1) is 16.8 Å². The van der Waals surface area contributed by atoms with Crippen LogP contribution in [0.15, 0.2) is 49.2 Å². The molecule has 0 bridgehead atoms.